The van der Waals surface area contributed by atoms with Gasteiger partial charge in [-0.25, -0.2) is 4.39 Å². The molecule has 0 N–H and O–H groups in total. The Labute approximate surface area is 111 Å². The fraction of sp³-hybridized carbons (Fsp3) is 0.188. The monoisotopic (exact) mass is 258 g/mol. The number of halogens is 1. The number of ether oxygens (including phenoxy) is 1. The van der Waals surface area contributed by atoms with Crippen LogP contribution in [0.4, 0.5) is 4.39 Å². The second-order valence-corrected chi connectivity index (χ2v) is 4.21. The van der Waals surface area contributed by atoms with Crippen molar-refractivity contribution in [3.63, 3.8) is 0 Å². The third-order valence-electron chi connectivity index (χ3n) is 2.78. The standard InChI is InChI=1S/C16H15FO2/c17-16(14-6-2-1-3-7-14)12-19-15-8-4-5-13(11-15)9-10-18/h1-8,10-11,16H,9,12H2. The smallest absolute Gasteiger partial charge is 0.159 e. The van der Waals surface area contributed by atoms with Crippen LogP contribution in [0.15, 0.2) is 54.6 Å². The van der Waals surface area contributed by atoms with Crippen molar-refractivity contribution in [2.24, 2.45) is 0 Å². The van der Waals surface area contributed by atoms with Gasteiger partial charge in [-0.15, -0.1) is 0 Å². The molecule has 1 unspecified atom stereocenters. The molecule has 0 heterocycles. The molecule has 0 fully saturated rings. The fourth-order valence-corrected chi connectivity index (χ4v) is 1.79. The van der Waals surface area contributed by atoms with Crippen LogP contribution in [0, 0.1) is 0 Å². The zero-order chi connectivity index (χ0) is 13.5. The third-order valence-corrected chi connectivity index (χ3v) is 2.78. The number of hydrogen-bond donors (Lipinski definition) is 0. The zero-order valence-electron chi connectivity index (χ0n) is 10.5. The molecule has 0 aliphatic carbocycles. The quantitative estimate of drug-likeness (QED) is 0.741. The first-order valence-corrected chi connectivity index (χ1v) is 6.14. The van der Waals surface area contributed by atoms with Crippen LogP contribution < -0.4 is 4.74 Å². The molecule has 2 rings (SSSR count). The van der Waals surface area contributed by atoms with E-state index >= 15 is 0 Å². The van der Waals surface area contributed by atoms with Crippen LogP contribution in [-0.4, -0.2) is 12.9 Å². The Morgan fingerprint density at radius 3 is 2.63 bits per heavy atom. The van der Waals surface area contributed by atoms with Gasteiger partial charge in [-0.2, -0.15) is 0 Å². The van der Waals surface area contributed by atoms with Crippen molar-refractivity contribution >= 4 is 6.29 Å². The number of aldehydes is 1. The van der Waals surface area contributed by atoms with Crippen molar-refractivity contribution in [3.05, 3.63) is 65.7 Å². The van der Waals surface area contributed by atoms with Gasteiger partial charge in [0.15, 0.2) is 6.17 Å². The average Bonchev–Trinajstić information content (AvgIpc) is 2.46. The minimum Gasteiger partial charge on any atom is -0.490 e. The number of rotatable bonds is 6. The Morgan fingerprint density at radius 2 is 1.89 bits per heavy atom. The van der Waals surface area contributed by atoms with E-state index in [2.05, 4.69) is 0 Å². The van der Waals surface area contributed by atoms with Gasteiger partial charge in [-0.05, 0) is 23.3 Å². The number of benzene rings is 2. The molecule has 0 bridgehead atoms. The Balaban J connectivity index is 1.95. The summed E-state index contributed by atoms with van der Waals surface area (Å²) in [5.74, 6) is 0.581. The lowest BCUT2D eigenvalue weighted by molar-refractivity contribution is -0.107. The zero-order valence-corrected chi connectivity index (χ0v) is 10.5. The summed E-state index contributed by atoms with van der Waals surface area (Å²) in [5.41, 5.74) is 1.47. The second kappa shape index (κ2) is 6.69. The molecule has 0 amide bonds. The van der Waals surface area contributed by atoms with Gasteiger partial charge >= 0.3 is 0 Å². The molecule has 0 aliphatic heterocycles. The molecule has 0 saturated carbocycles. The minimum atomic E-state index is -1.16. The number of carbonyl (C=O) groups is 1. The molecule has 0 radical (unpaired) electrons. The van der Waals surface area contributed by atoms with Crippen LogP contribution >= 0.6 is 0 Å². The molecule has 2 nitrogen and oxygen atoms in total. The highest BCUT2D eigenvalue weighted by atomic mass is 19.1. The van der Waals surface area contributed by atoms with E-state index in [4.69, 9.17) is 4.74 Å². The van der Waals surface area contributed by atoms with E-state index in [0.717, 1.165) is 11.8 Å². The molecule has 2 aromatic rings. The van der Waals surface area contributed by atoms with E-state index in [1.165, 1.54) is 0 Å². The van der Waals surface area contributed by atoms with Crippen molar-refractivity contribution in [2.45, 2.75) is 12.6 Å². The molecule has 2 aromatic carbocycles. The maximum absolute atomic E-state index is 13.9. The Morgan fingerprint density at radius 1 is 1.11 bits per heavy atom. The predicted molar refractivity (Wildman–Crippen MR) is 72.0 cm³/mol. The van der Waals surface area contributed by atoms with E-state index in [1.807, 2.05) is 12.1 Å². The lowest BCUT2D eigenvalue weighted by Crippen LogP contribution is -2.06. The maximum atomic E-state index is 13.9. The van der Waals surface area contributed by atoms with Crippen molar-refractivity contribution < 1.29 is 13.9 Å². The summed E-state index contributed by atoms with van der Waals surface area (Å²) >= 11 is 0. The molecule has 19 heavy (non-hydrogen) atoms. The van der Waals surface area contributed by atoms with E-state index < -0.39 is 6.17 Å². The highest BCUT2D eigenvalue weighted by Crippen LogP contribution is 2.20. The van der Waals surface area contributed by atoms with Crippen molar-refractivity contribution in [1.82, 2.24) is 0 Å². The average molecular weight is 258 g/mol. The normalized spacial score (nSPS) is 11.8. The highest BCUT2D eigenvalue weighted by molar-refractivity contribution is 5.55. The van der Waals surface area contributed by atoms with Gasteiger partial charge in [0.05, 0.1) is 0 Å². The molecular weight excluding hydrogens is 243 g/mol. The van der Waals surface area contributed by atoms with E-state index in [9.17, 15) is 9.18 Å². The largest absolute Gasteiger partial charge is 0.490 e. The summed E-state index contributed by atoms with van der Waals surface area (Å²) in [7, 11) is 0. The SMILES string of the molecule is O=CCc1cccc(OCC(F)c2ccccc2)c1. The van der Waals surface area contributed by atoms with E-state index in [0.29, 0.717) is 17.7 Å². The molecule has 0 saturated heterocycles. The van der Waals surface area contributed by atoms with Gasteiger partial charge in [0.1, 0.15) is 18.6 Å². The second-order valence-electron chi connectivity index (χ2n) is 4.21. The molecule has 1 atom stereocenters. The predicted octanol–water partition coefficient (Wildman–Crippen LogP) is 3.52. The van der Waals surface area contributed by atoms with Gasteiger partial charge in [0.25, 0.3) is 0 Å². The number of carbonyl (C=O) groups excluding carboxylic acids is 1. The summed E-state index contributed by atoms with van der Waals surface area (Å²) in [5, 5.41) is 0. The molecule has 98 valence electrons. The van der Waals surface area contributed by atoms with Crippen LogP contribution in [0.25, 0.3) is 0 Å². The molecule has 0 aromatic heterocycles. The Bertz CT molecular complexity index is 525. The number of hydrogen-bond acceptors (Lipinski definition) is 2. The van der Waals surface area contributed by atoms with Crippen LogP contribution in [-0.2, 0) is 11.2 Å². The van der Waals surface area contributed by atoms with E-state index in [1.54, 1.807) is 42.5 Å². The molecular formula is C16H15FO2. The highest BCUT2D eigenvalue weighted by Gasteiger charge is 2.10. The topological polar surface area (TPSA) is 26.3 Å². The number of alkyl halides is 1. The van der Waals surface area contributed by atoms with Crippen LogP contribution in [0.1, 0.15) is 17.3 Å². The maximum Gasteiger partial charge on any atom is 0.159 e. The summed E-state index contributed by atoms with van der Waals surface area (Å²) in [6.07, 6.45) is 0.0200. The fourth-order valence-electron chi connectivity index (χ4n) is 1.79. The van der Waals surface area contributed by atoms with Gasteiger partial charge < -0.3 is 9.53 Å². The first kappa shape index (κ1) is 13.3. The first-order chi connectivity index (χ1) is 9.29. The van der Waals surface area contributed by atoms with Crippen LogP contribution in [0.5, 0.6) is 5.75 Å². The van der Waals surface area contributed by atoms with Crippen molar-refractivity contribution in [3.8, 4) is 5.75 Å². The summed E-state index contributed by atoms with van der Waals surface area (Å²) in [4.78, 5) is 10.4. The van der Waals surface area contributed by atoms with E-state index in [-0.39, 0.29) is 6.61 Å². The molecule has 0 aliphatic rings. The van der Waals surface area contributed by atoms with Crippen LogP contribution in [0.2, 0.25) is 0 Å². The Kier molecular flexibility index (Phi) is 4.67. The summed E-state index contributed by atoms with van der Waals surface area (Å²) in [6, 6.07) is 16.1. The summed E-state index contributed by atoms with van der Waals surface area (Å²) in [6.45, 7) is -0.0332. The van der Waals surface area contributed by atoms with Crippen molar-refractivity contribution in [2.75, 3.05) is 6.61 Å². The van der Waals surface area contributed by atoms with Gasteiger partial charge in [-0.1, -0.05) is 42.5 Å². The molecule has 0 spiro atoms. The van der Waals surface area contributed by atoms with Gasteiger partial charge in [-0.3, -0.25) is 0 Å². The lowest BCUT2D eigenvalue weighted by Gasteiger charge is -2.11. The Hall–Kier alpha value is -2.16. The van der Waals surface area contributed by atoms with Crippen molar-refractivity contribution in [1.29, 1.82) is 0 Å². The summed E-state index contributed by atoms with van der Waals surface area (Å²) < 4.78 is 19.3. The van der Waals surface area contributed by atoms with Crippen LogP contribution in [0.3, 0.4) is 0 Å². The molecule has 3 heteroatoms. The van der Waals surface area contributed by atoms with Gasteiger partial charge in [0.2, 0.25) is 0 Å². The first-order valence-electron chi connectivity index (χ1n) is 6.14. The third kappa shape index (κ3) is 3.91. The minimum absolute atomic E-state index is 0.0332. The van der Waals surface area contributed by atoms with Gasteiger partial charge in [0, 0.05) is 6.42 Å². The lowest BCUT2D eigenvalue weighted by atomic mass is 10.1.